The fraction of sp³-hybridized carbons (Fsp3) is 0.760. The third-order valence-corrected chi connectivity index (χ3v) is 7.36. The lowest BCUT2D eigenvalue weighted by Gasteiger charge is -2.25. The summed E-state index contributed by atoms with van der Waals surface area (Å²) < 4.78 is 30.8. The molecule has 7 nitrogen and oxygen atoms in total. The van der Waals surface area contributed by atoms with E-state index in [1.54, 1.807) is 0 Å². The maximum absolute atomic E-state index is 13.5. The van der Waals surface area contributed by atoms with Crippen molar-refractivity contribution in [2.24, 2.45) is 11.5 Å². The number of rotatable bonds is 23. The van der Waals surface area contributed by atoms with Crippen molar-refractivity contribution in [3.63, 3.8) is 0 Å². The van der Waals surface area contributed by atoms with Crippen molar-refractivity contribution < 1.29 is 18.3 Å². The fourth-order valence-corrected chi connectivity index (χ4v) is 5.10. The third-order valence-electron chi connectivity index (χ3n) is 5.46. The van der Waals surface area contributed by atoms with Crippen LogP contribution in [0, 0.1) is 0 Å². The minimum atomic E-state index is -3.20. The van der Waals surface area contributed by atoms with E-state index in [1.165, 1.54) is 25.7 Å². The molecule has 0 amide bonds. The van der Waals surface area contributed by atoms with E-state index in [1.807, 2.05) is 30.3 Å². The van der Waals surface area contributed by atoms with Crippen LogP contribution in [0.2, 0.25) is 0 Å². The number of nitrogens with zero attached hydrogens (tertiary/aromatic N) is 1. The van der Waals surface area contributed by atoms with Crippen LogP contribution in [0.3, 0.4) is 0 Å². The lowest BCUT2D eigenvalue weighted by Crippen LogP contribution is -2.31. The van der Waals surface area contributed by atoms with Gasteiger partial charge in [-0.3, -0.25) is 4.57 Å². The second-order valence-corrected chi connectivity index (χ2v) is 10.6. The van der Waals surface area contributed by atoms with Gasteiger partial charge in [-0.2, -0.15) is 0 Å². The molecule has 1 rings (SSSR count). The zero-order valence-corrected chi connectivity index (χ0v) is 21.7. The van der Waals surface area contributed by atoms with E-state index in [9.17, 15) is 4.57 Å². The molecule has 0 radical (unpaired) electrons. The van der Waals surface area contributed by atoms with Gasteiger partial charge in [-0.1, -0.05) is 69.4 Å². The first-order chi connectivity index (χ1) is 16.1. The molecule has 1 aromatic rings. The highest BCUT2D eigenvalue weighted by Crippen LogP contribution is 2.48. The first-order valence-electron chi connectivity index (χ1n) is 12.8. The highest BCUT2D eigenvalue weighted by atomic mass is 31.2. The summed E-state index contributed by atoms with van der Waals surface area (Å²) in [6.07, 6.45) is 9.14. The molecule has 0 fully saturated rings. The largest absolute Gasteiger partial charge is 0.374 e. The van der Waals surface area contributed by atoms with Gasteiger partial charge in [0, 0.05) is 6.54 Å². The monoisotopic (exact) mass is 485 g/mol. The van der Waals surface area contributed by atoms with E-state index in [2.05, 4.69) is 11.8 Å². The number of benzene rings is 1. The van der Waals surface area contributed by atoms with Crippen LogP contribution >= 0.6 is 7.60 Å². The van der Waals surface area contributed by atoms with Gasteiger partial charge < -0.3 is 30.2 Å². The molecule has 1 aromatic carbocycles. The molecule has 0 spiro atoms. The average molecular weight is 486 g/mol. The van der Waals surface area contributed by atoms with E-state index < -0.39 is 7.60 Å². The molecule has 0 saturated carbocycles. The summed E-state index contributed by atoms with van der Waals surface area (Å²) in [5.74, 6) is 0. The molecule has 0 aromatic heterocycles. The standard InChI is InChI=1S/C25H48N3O4P/c1-2-3-4-5-6-10-20-31-33(29,23-19-28(17-11-15-26)18-12-16-27)32-22-21-30-24-25-13-8-7-9-14-25/h7-9,13-14H,2-6,10-12,15-24,26-27H2,1H3. The molecule has 0 aliphatic heterocycles. The number of hydrogen-bond acceptors (Lipinski definition) is 7. The van der Waals surface area contributed by atoms with E-state index >= 15 is 0 Å². The third kappa shape index (κ3) is 16.5. The second-order valence-electron chi connectivity index (χ2n) is 8.43. The van der Waals surface area contributed by atoms with Crippen molar-refractivity contribution in [2.75, 3.05) is 58.7 Å². The Labute approximate surface area is 202 Å². The van der Waals surface area contributed by atoms with Crippen molar-refractivity contribution in [1.82, 2.24) is 4.90 Å². The molecule has 0 aliphatic rings. The maximum Gasteiger partial charge on any atom is 0.332 e. The average Bonchev–Trinajstić information content (AvgIpc) is 2.83. The number of ether oxygens (including phenoxy) is 1. The molecule has 8 heteroatoms. The maximum atomic E-state index is 13.5. The minimum absolute atomic E-state index is 0.256. The first-order valence-corrected chi connectivity index (χ1v) is 14.5. The Morgan fingerprint density at radius 2 is 1.42 bits per heavy atom. The number of hydrogen-bond donors (Lipinski definition) is 2. The van der Waals surface area contributed by atoms with Crippen LogP contribution in [0.5, 0.6) is 0 Å². The smallest absolute Gasteiger partial charge is 0.332 e. The summed E-state index contributed by atoms with van der Waals surface area (Å²) in [6.45, 7) is 7.50. The molecule has 4 N–H and O–H groups in total. The molecule has 1 unspecified atom stereocenters. The molecule has 1 atom stereocenters. The fourth-order valence-electron chi connectivity index (χ4n) is 3.48. The van der Waals surface area contributed by atoms with Crippen molar-refractivity contribution in [2.45, 2.75) is 64.9 Å². The Kier molecular flexibility index (Phi) is 18.9. The van der Waals surface area contributed by atoms with Crippen LogP contribution < -0.4 is 11.5 Å². The summed E-state index contributed by atoms with van der Waals surface area (Å²) in [4.78, 5) is 2.26. The highest BCUT2D eigenvalue weighted by Gasteiger charge is 2.25. The van der Waals surface area contributed by atoms with Crippen LogP contribution in [-0.2, 0) is 25.0 Å². The molecule has 0 saturated heterocycles. The summed E-state index contributed by atoms with van der Waals surface area (Å²) in [5, 5.41) is 0. The summed E-state index contributed by atoms with van der Waals surface area (Å²) in [7, 11) is -3.20. The highest BCUT2D eigenvalue weighted by molar-refractivity contribution is 7.53. The van der Waals surface area contributed by atoms with Crippen molar-refractivity contribution >= 4 is 7.60 Å². The van der Waals surface area contributed by atoms with Crippen LogP contribution in [0.1, 0.15) is 63.9 Å². The first kappa shape index (κ1) is 30.2. The van der Waals surface area contributed by atoms with Gasteiger partial charge in [0.15, 0.2) is 0 Å². The number of nitrogens with two attached hydrogens (primary N) is 2. The topological polar surface area (TPSA) is 100 Å². The Hall–Kier alpha value is -0.790. The van der Waals surface area contributed by atoms with E-state index in [-0.39, 0.29) is 6.61 Å². The predicted octanol–water partition coefficient (Wildman–Crippen LogP) is 4.79. The quantitative estimate of drug-likeness (QED) is 0.170. The van der Waals surface area contributed by atoms with Crippen molar-refractivity contribution in [3.8, 4) is 0 Å². The molecule has 0 heterocycles. The SMILES string of the molecule is CCCCCCCCOP(=O)(CCN(CCCN)CCCN)OCCOCc1ccccc1. The molecule has 33 heavy (non-hydrogen) atoms. The summed E-state index contributed by atoms with van der Waals surface area (Å²) in [5.41, 5.74) is 12.5. The van der Waals surface area contributed by atoms with Gasteiger partial charge in [0.1, 0.15) is 0 Å². The van der Waals surface area contributed by atoms with Gasteiger partial charge in [0.2, 0.25) is 0 Å². The molecule has 0 aliphatic carbocycles. The number of unbranched alkanes of at least 4 members (excludes halogenated alkanes) is 5. The lowest BCUT2D eigenvalue weighted by molar-refractivity contribution is 0.0800. The van der Waals surface area contributed by atoms with Crippen molar-refractivity contribution in [1.29, 1.82) is 0 Å². The minimum Gasteiger partial charge on any atom is -0.374 e. The van der Waals surface area contributed by atoms with Crippen LogP contribution in [0.4, 0.5) is 0 Å². The summed E-state index contributed by atoms with van der Waals surface area (Å²) in [6, 6.07) is 9.99. The second kappa shape index (κ2) is 20.6. The zero-order valence-electron chi connectivity index (χ0n) is 20.8. The Morgan fingerprint density at radius 1 is 0.788 bits per heavy atom. The molecule has 0 bridgehead atoms. The van der Waals surface area contributed by atoms with Crippen LogP contribution in [0.15, 0.2) is 30.3 Å². The lowest BCUT2D eigenvalue weighted by atomic mass is 10.1. The Morgan fingerprint density at radius 3 is 2.09 bits per heavy atom. The molecular weight excluding hydrogens is 437 g/mol. The predicted molar refractivity (Wildman–Crippen MR) is 138 cm³/mol. The Bertz CT molecular complexity index is 599. The van der Waals surface area contributed by atoms with Gasteiger partial charge in [0.25, 0.3) is 0 Å². The Balaban J connectivity index is 2.47. The van der Waals surface area contributed by atoms with Gasteiger partial charge in [-0.05, 0) is 51.0 Å². The molecule has 192 valence electrons. The van der Waals surface area contributed by atoms with Gasteiger partial charge in [-0.15, -0.1) is 0 Å². The summed E-state index contributed by atoms with van der Waals surface area (Å²) >= 11 is 0. The zero-order chi connectivity index (χ0) is 24.0. The van der Waals surface area contributed by atoms with E-state index in [4.69, 9.17) is 25.3 Å². The van der Waals surface area contributed by atoms with Crippen molar-refractivity contribution in [3.05, 3.63) is 35.9 Å². The van der Waals surface area contributed by atoms with Gasteiger partial charge in [0.05, 0.1) is 32.6 Å². The van der Waals surface area contributed by atoms with E-state index in [0.717, 1.165) is 44.3 Å². The normalized spacial score (nSPS) is 13.5. The van der Waals surface area contributed by atoms with Gasteiger partial charge in [-0.25, -0.2) is 0 Å². The van der Waals surface area contributed by atoms with E-state index in [0.29, 0.717) is 45.6 Å². The molecular formula is C25H48N3O4P. The van der Waals surface area contributed by atoms with Crippen LogP contribution in [-0.4, -0.2) is 63.6 Å². The van der Waals surface area contributed by atoms with Gasteiger partial charge >= 0.3 is 7.60 Å². The van der Waals surface area contributed by atoms with Crippen LogP contribution in [0.25, 0.3) is 0 Å².